The lowest BCUT2D eigenvalue weighted by molar-refractivity contribution is 0.0416. The Morgan fingerprint density at radius 3 is 2.78 bits per heavy atom. The zero-order chi connectivity index (χ0) is 7.11. The fourth-order valence-corrected chi connectivity index (χ4v) is 0.432. The van der Waals surface area contributed by atoms with Gasteiger partial charge in [0.1, 0.15) is 0 Å². The highest BCUT2D eigenvalue weighted by atomic mass is 16.5. The number of rotatable bonds is 5. The van der Waals surface area contributed by atoms with Crippen molar-refractivity contribution in [3.63, 3.8) is 0 Å². The Labute approximate surface area is 55.8 Å². The smallest absolute Gasteiger partial charge is 0.0895 e. The van der Waals surface area contributed by atoms with Crippen LogP contribution in [0.15, 0.2) is 0 Å². The summed E-state index contributed by atoms with van der Waals surface area (Å²) >= 11 is 0. The first-order valence-corrected chi connectivity index (χ1v) is 3.27. The minimum atomic E-state index is -0.489. The van der Waals surface area contributed by atoms with Crippen LogP contribution >= 0.6 is 0 Å². The van der Waals surface area contributed by atoms with Crippen LogP contribution in [-0.2, 0) is 4.74 Å². The van der Waals surface area contributed by atoms with Crippen LogP contribution in [0.4, 0.5) is 0 Å². The first-order chi connectivity index (χ1) is 4.31. The third kappa shape index (κ3) is 5.76. The standard InChI is InChI=1S/C6H15NO2/c1-2-3-9-5-6(8)4-7/h6,8H,2-5,7H2,1H3. The molecule has 1 atom stereocenters. The minimum Gasteiger partial charge on any atom is -0.389 e. The van der Waals surface area contributed by atoms with Crippen molar-refractivity contribution in [1.29, 1.82) is 0 Å². The van der Waals surface area contributed by atoms with E-state index >= 15 is 0 Å². The monoisotopic (exact) mass is 133 g/mol. The van der Waals surface area contributed by atoms with Gasteiger partial charge in [-0.3, -0.25) is 0 Å². The van der Waals surface area contributed by atoms with Crippen LogP contribution in [0, 0.1) is 0 Å². The van der Waals surface area contributed by atoms with Crippen molar-refractivity contribution in [3.05, 3.63) is 0 Å². The number of hydrogen-bond acceptors (Lipinski definition) is 3. The summed E-state index contributed by atoms with van der Waals surface area (Å²) in [5.74, 6) is 0. The first kappa shape index (κ1) is 8.88. The van der Waals surface area contributed by atoms with Gasteiger partial charge in [-0.1, -0.05) is 6.92 Å². The van der Waals surface area contributed by atoms with Gasteiger partial charge in [0.15, 0.2) is 0 Å². The zero-order valence-electron chi connectivity index (χ0n) is 5.84. The van der Waals surface area contributed by atoms with Gasteiger partial charge in [-0.25, -0.2) is 0 Å². The maximum Gasteiger partial charge on any atom is 0.0895 e. The molecule has 0 amide bonds. The Hall–Kier alpha value is -0.120. The molecule has 0 aromatic rings. The van der Waals surface area contributed by atoms with Crippen molar-refractivity contribution >= 4 is 0 Å². The molecule has 0 bridgehead atoms. The second-order valence-electron chi connectivity index (χ2n) is 1.96. The highest BCUT2D eigenvalue weighted by molar-refractivity contribution is 4.51. The van der Waals surface area contributed by atoms with Gasteiger partial charge in [0, 0.05) is 13.2 Å². The van der Waals surface area contributed by atoms with Crippen LogP contribution in [-0.4, -0.2) is 31.0 Å². The molecule has 0 saturated carbocycles. The molecular weight excluding hydrogens is 118 g/mol. The summed E-state index contributed by atoms with van der Waals surface area (Å²) < 4.78 is 5.01. The van der Waals surface area contributed by atoms with Crippen LogP contribution in [0.2, 0.25) is 0 Å². The quantitative estimate of drug-likeness (QED) is 0.508. The lowest BCUT2D eigenvalue weighted by Gasteiger charge is -2.06. The van der Waals surface area contributed by atoms with E-state index in [4.69, 9.17) is 15.6 Å². The molecule has 0 aromatic carbocycles. The summed E-state index contributed by atoms with van der Waals surface area (Å²) in [4.78, 5) is 0. The molecule has 3 N–H and O–H groups in total. The van der Waals surface area contributed by atoms with Gasteiger partial charge in [0.25, 0.3) is 0 Å². The molecule has 0 aliphatic carbocycles. The van der Waals surface area contributed by atoms with Crippen LogP contribution in [0.1, 0.15) is 13.3 Å². The molecule has 0 spiro atoms. The average molecular weight is 133 g/mol. The normalized spacial score (nSPS) is 13.7. The van der Waals surface area contributed by atoms with Gasteiger partial charge in [-0.15, -0.1) is 0 Å². The number of ether oxygens (including phenoxy) is 1. The molecule has 0 aromatic heterocycles. The van der Waals surface area contributed by atoms with Gasteiger partial charge >= 0.3 is 0 Å². The molecule has 0 radical (unpaired) electrons. The molecule has 0 aliphatic heterocycles. The minimum absolute atomic E-state index is 0.281. The molecule has 0 rings (SSSR count). The maximum absolute atomic E-state index is 8.83. The highest BCUT2D eigenvalue weighted by Crippen LogP contribution is 1.83. The molecule has 56 valence electrons. The summed E-state index contributed by atoms with van der Waals surface area (Å²) in [6.07, 6.45) is 0.494. The van der Waals surface area contributed by atoms with E-state index in [1.807, 2.05) is 6.92 Å². The third-order valence-electron chi connectivity index (χ3n) is 0.931. The Balaban J connectivity index is 2.88. The van der Waals surface area contributed by atoms with E-state index in [2.05, 4.69) is 0 Å². The fraction of sp³-hybridized carbons (Fsp3) is 1.00. The van der Waals surface area contributed by atoms with E-state index in [-0.39, 0.29) is 6.54 Å². The van der Waals surface area contributed by atoms with Crippen LogP contribution in [0.3, 0.4) is 0 Å². The molecule has 0 fully saturated rings. The fourth-order valence-electron chi connectivity index (χ4n) is 0.432. The second-order valence-corrected chi connectivity index (χ2v) is 1.96. The summed E-state index contributed by atoms with van der Waals surface area (Å²) in [6, 6.07) is 0. The second kappa shape index (κ2) is 6.01. The SMILES string of the molecule is CCCOCC(O)CN. The summed E-state index contributed by atoms with van der Waals surface area (Å²) in [7, 11) is 0. The average Bonchev–Trinajstić information content (AvgIpc) is 1.89. The van der Waals surface area contributed by atoms with Gasteiger partial charge in [0.05, 0.1) is 12.7 Å². The zero-order valence-corrected chi connectivity index (χ0v) is 5.84. The van der Waals surface area contributed by atoms with E-state index in [9.17, 15) is 0 Å². The van der Waals surface area contributed by atoms with Crippen molar-refractivity contribution in [2.75, 3.05) is 19.8 Å². The van der Waals surface area contributed by atoms with Crippen molar-refractivity contribution in [1.82, 2.24) is 0 Å². The van der Waals surface area contributed by atoms with Gasteiger partial charge in [0.2, 0.25) is 0 Å². The molecule has 1 unspecified atom stereocenters. The number of aliphatic hydroxyl groups is 1. The van der Waals surface area contributed by atoms with Crippen molar-refractivity contribution in [3.8, 4) is 0 Å². The lowest BCUT2D eigenvalue weighted by atomic mass is 10.4. The van der Waals surface area contributed by atoms with Crippen molar-refractivity contribution < 1.29 is 9.84 Å². The van der Waals surface area contributed by atoms with Crippen LogP contribution in [0.5, 0.6) is 0 Å². The highest BCUT2D eigenvalue weighted by Gasteiger charge is 1.97. The van der Waals surface area contributed by atoms with Gasteiger partial charge in [-0.05, 0) is 6.42 Å². The van der Waals surface area contributed by atoms with E-state index < -0.39 is 6.10 Å². The number of hydrogen-bond donors (Lipinski definition) is 2. The third-order valence-corrected chi connectivity index (χ3v) is 0.931. The summed E-state index contributed by atoms with van der Waals surface area (Å²) in [5, 5.41) is 8.83. The van der Waals surface area contributed by atoms with Crippen LogP contribution < -0.4 is 5.73 Å². The Morgan fingerprint density at radius 2 is 2.33 bits per heavy atom. The van der Waals surface area contributed by atoms with Crippen molar-refractivity contribution in [2.45, 2.75) is 19.4 Å². The summed E-state index contributed by atoms with van der Waals surface area (Å²) in [6.45, 7) is 3.37. The predicted molar refractivity (Wildman–Crippen MR) is 36.2 cm³/mol. The van der Waals surface area contributed by atoms with E-state index in [0.29, 0.717) is 13.2 Å². The topological polar surface area (TPSA) is 55.5 Å². The van der Waals surface area contributed by atoms with E-state index in [1.54, 1.807) is 0 Å². The molecule has 9 heavy (non-hydrogen) atoms. The predicted octanol–water partition coefficient (Wildman–Crippen LogP) is -0.267. The largest absolute Gasteiger partial charge is 0.389 e. The van der Waals surface area contributed by atoms with Gasteiger partial charge < -0.3 is 15.6 Å². The Morgan fingerprint density at radius 1 is 1.67 bits per heavy atom. The van der Waals surface area contributed by atoms with Crippen molar-refractivity contribution in [2.24, 2.45) is 5.73 Å². The van der Waals surface area contributed by atoms with Gasteiger partial charge in [-0.2, -0.15) is 0 Å². The van der Waals surface area contributed by atoms with E-state index in [0.717, 1.165) is 6.42 Å². The Kier molecular flexibility index (Phi) is 5.93. The first-order valence-electron chi connectivity index (χ1n) is 3.27. The van der Waals surface area contributed by atoms with Crippen LogP contribution in [0.25, 0.3) is 0 Å². The number of aliphatic hydroxyl groups excluding tert-OH is 1. The number of nitrogens with two attached hydrogens (primary N) is 1. The molecule has 0 heterocycles. The lowest BCUT2D eigenvalue weighted by Crippen LogP contribution is -2.25. The molecule has 3 heteroatoms. The molecule has 0 aliphatic rings. The Bertz CT molecular complexity index is 59.0. The molecule has 3 nitrogen and oxygen atoms in total. The maximum atomic E-state index is 8.83. The molecule has 0 saturated heterocycles. The summed E-state index contributed by atoms with van der Waals surface area (Å²) in [5.41, 5.74) is 5.12. The molecular formula is C6H15NO2. The van der Waals surface area contributed by atoms with E-state index in [1.165, 1.54) is 0 Å².